The van der Waals surface area contributed by atoms with Crippen molar-refractivity contribution in [2.45, 2.75) is 26.8 Å². The molecule has 120 valence electrons. The van der Waals surface area contributed by atoms with Crippen LogP contribution in [0.15, 0.2) is 24.3 Å². The number of hydrogen-bond donors (Lipinski definition) is 1. The molecule has 1 aliphatic heterocycles. The third kappa shape index (κ3) is 5.65. The molecule has 1 unspecified atom stereocenters. The summed E-state index contributed by atoms with van der Waals surface area (Å²) in [6, 6.07) is 8.75. The Balaban J connectivity index is 0.00000106. The largest absolute Gasteiger partial charge is 0.383 e. The van der Waals surface area contributed by atoms with Gasteiger partial charge in [-0.1, -0.05) is 26.0 Å². The molecule has 4 nitrogen and oxygen atoms in total. The van der Waals surface area contributed by atoms with Crippen molar-refractivity contribution in [1.82, 2.24) is 4.90 Å². The van der Waals surface area contributed by atoms with Crippen molar-refractivity contribution < 1.29 is 4.74 Å². The monoisotopic (exact) mass is 293 g/mol. The third-order valence-electron chi connectivity index (χ3n) is 3.77. The van der Waals surface area contributed by atoms with E-state index in [2.05, 4.69) is 34.1 Å². The number of hydrogen-bond acceptors (Lipinski definition) is 4. The Labute approximate surface area is 129 Å². The van der Waals surface area contributed by atoms with Crippen LogP contribution in [0.4, 0.5) is 5.69 Å². The number of anilines is 1. The molecule has 0 spiro atoms. The molecule has 1 heterocycles. The molecule has 4 heteroatoms. The Hall–Kier alpha value is -1.10. The molecular weight excluding hydrogens is 262 g/mol. The zero-order valence-corrected chi connectivity index (χ0v) is 14.0. The van der Waals surface area contributed by atoms with Crippen molar-refractivity contribution in [2.24, 2.45) is 5.73 Å². The van der Waals surface area contributed by atoms with Gasteiger partial charge in [0.25, 0.3) is 0 Å². The van der Waals surface area contributed by atoms with Gasteiger partial charge in [-0.05, 0) is 24.6 Å². The lowest BCUT2D eigenvalue weighted by Gasteiger charge is -2.36. The van der Waals surface area contributed by atoms with Crippen LogP contribution in [0.1, 0.15) is 32.4 Å². The van der Waals surface area contributed by atoms with E-state index >= 15 is 0 Å². The van der Waals surface area contributed by atoms with Gasteiger partial charge in [0, 0.05) is 51.6 Å². The van der Waals surface area contributed by atoms with Gasteiger partial charge in [-0.15, -0.1) is 0 Å². The van der Waals surface area contributed by atoms with E-state index in [0.29, 0.717) is 0 Å². The first kappa shape index (κ1) is 18.0. The fraction of sp³-hybridized carbons (Fsp3) is 0.647. The predicted octanol–water partition coefficient (Wildman–Crippen LogP) is 2.50. The van der Waals surface area contributed by atoms with Gasteiger partial charge in [0.1, 0.15) is 0 Å². The summed E-state index contributed by atoms with van der Waals surface area (Å²) in [5.74, 6) is 0. The van der Waals surface area contributed by atoms with E-state index in [-0.39, 0.29) is 6.04 Å². The molecule has 1 saturated heterocycles. The highest BCUT2D eigenvalue weighted by atomic mass is 16.5. The number of nitrogens with zero attached hydrogens (tertiary/aromatic N) is 2. The molecule has 1 aromatic carbocycles. The van der Waals surface area contributed by atoms with E-state index in [9.17, 15) is 0 Å². The maximum absolute atomic E-state index is 5.87. The molecule has 21 heavy (non-hydrogen) atoms. The Bertz CT molecular complexity index is 370. The van der Waals surface area contributed by atoms with Crippen molar-refractivity contribution in [2.75, 3.05) is 51.3 Å². The van der Waals surface area contributed by atoms with E-state index in [1.54, 1.807) is 7.11 Å². The highest BCUT2D eigenvalue weighted by Gasteiger charge is 2.16. The van der Waals surface area contributed by atoms with Crippen LogP contribution in [0.2, 0.25) is 0 Å². The molecule has 0 bridgehead atoms. The van der Waals surface area contributed by atoms with Gasteiger partial charge in [-0.3, -0.25) is 4.90 Å². The molecule has 1 atom stereocenters. The highest BCUT2D eigenvalue weighted by molar-refractivity contribution is 5.48. The summed E-state index contributed by atoms with van der Waals surface area (Å²) in [5, 5.41) is 0. The van der Waals surface area contributed by atoms with Gasteiger partial charge in [-0.2, -0.15) is 0 Å². The zero-order chi connectivity index (χ0) is 15.7. The molecule has 0 saturated carbocycles. The van der Waals surface area contributed by atoms with Crippen LogP contribution >= 0.6 is 0 Å². The lowest BCUT2D eigenvalue weighted by molar-refractivity contribution is 0.144. The van der Waals surface area contributed by atoms with Crippen LogP contribution in [0, 0.1) is 0 Å². The Kier molecular flexibility index (Phi) is 8.35. The second-order valence-electron chi connectivity index (χ2n) is 5.20. The van der Waals surface area contributed by atoms with E-state index < -0.39 is 0 Å². The lowest BCUT2D eigenvalue weighted by Crippen LogP contribution is -2.47. The smallest absolute Gasteiger partial charge is 0.0589 e. The summed E-state index contributed by atoms with van der Waals surface area (Å²) in [6.07, 6.45) is 0. The molecule has 0 amide bonds. The lowest BCUT2D eigenvalue weighted by atomic mass is 10.1. The van der Waals surface area contributed by atoms with Gasteiger partial charge in [0.15, 0.2) is 0 Å². The fourth-order valence-electron chi connectivity index (χ4n) is 2.44. The van der Waals surface area contributed by atoms with Gasteiger partial charge in [0.05, 0.1) is 6.61 Å². The minimum Gasteiger partial charge on any atom is -0.383 e. The maximum Gasteiger partial charge on any atom is 0.0589 e. The van der Waals surface area contributed by atoms with Gasteiger partial charge >= 0.3 is 0 Å². The first-order valence-corrected chi connectivity index (χ1v) is 8.02. The Morgan fingerprint density at radius 2 is 1.67 bits per heavy atom. The SMILES string of the molecule is CC.COCCN1CCN(c2ccc(C(C)N)cc2)CC1. The predicted molar refractivity (Wildman–Crippen MR) is 90.9 cm³/mol. The van der Waals surface area contributed by atoms with Crippen LogP contribution in [-0.4, -0.2) is 51.3 Å². The highest BCUT2D eigenvalue weighted by Crippen LogP contribution is 2.19. The van der Waals surface area contributed by atoms with Gasteiger partial charge < -0.3 is 15.4 Å². The fourth-order valence-corrected chi connectivity index (χ4v) is 2.44. The molecule has 1 aromatic rings. The quantitative estimate of drug-likeness (QED) is 0.906. The van der Waals surface area contributed by atoms with Gasteiger partial charge in [0.2, 0.25) is 0 Å². The van der Waals surface area contributed by atoms with Crippen molar-refractivity contribution in [3.63, 3.8) is 0 Å². The van der Waals surface area contributed by atoms with Crippen LogP contribution in [0.5, 0.6) is 0 Å². The summed E-state index contributed by atoms with van der Waals surface area (Å²) in [5.41, 5.74) is 8.37. The van der Waals surface area contributed by atoms with Gasteiger partial charge in [-0.25, -0.2) is 0 Å². The molecule has 0 aliphatic carbocycles. The Morgan fingerprint density at radius 1 is 1.10 bits per heavy atom. The number of ether oxygens (including phenoxy) is 1. The first-order valence-electron chi connectivity index (χ1n) is 8.02. The summed E-state index contributed by atoms with van der Waals surface area (Å²) in [4.78, 5) is 4.89. The average molecular weight is 293 g/mol. The normalized spacial score (nSPS) is 17.1. The van der Waals surface area contributed by atoms with Crippen LogP contribution in [-0.2, 0) is 4.74 Å². The molecular formula is C17H31N3O. The number of methoxy groups -OCH3 is 1. The topological polar surface area (TPSA) is 41.7 Å². The third-order valence-corrected chi connectivity index (χ3v) is 3.77. The standard InChI is InChI=1S/C15H25N3O.C2H6/c1-13(16)14-3-5-15(6-4-14)18-9-7-17(8-10-18)11-12-19-2;1-2/h3-6,13H,7-12,16H2,1-2H3;1-2H3. The summed E-state index contributed by atoms with van der Waals surface area (Å²) < 4.78 is 5.12. The molecule has 2 N–H and O–H groups in total. The van der Waals surface area contributed by atoms with E-state index in [1.165, 1.54) is 11.3 Å². The summed E-state index contributed by atoms with van der Waals surface area (Å²) >= 11 is 0. The van der Waals surface area contributed by atoms with Crippen molar-refractivity contribution >= 4 is 5.69 Å². The Morgan fingerprint density at radius 3 is 2.14 bits per heavy atom. The number of nitrogens with two attached hydrogens (primary N) is 1. The average Bonchev–Trinajstić information content (AvgIpc) is 2.55. The molecule has 1 aliphatic rings. The van der Waals surface area contributed by atoms with Crippen LogP contribution in [0.3, 0.4) is 0 Å². The van der Waals surface area contributed by atoms with E-state index in [1.807, 2.05) is 20.8 Å². The van der Waals surface area contributed by atoms with E-state index in [4.69, 9.17) is 10.5 Å². The van der Waals surface area contributed by atoms with Crippen LogP contribution in [0.25, 0.3) is 0 Å². The van der Waals surface area contributed by atoms with Crippen LogP contribution < -0.4 is 10.6 Å². The number of piperazine rings is 1. The first-order chi connectivity index (χ1) is 10.2. The second kappa shape index (κ2) is 9.77. The number of benzene rings is 1. The molecule has 2 rings (SSSR count). The minimum atomic E-state index is 0.111. The van der Waals surface area contributed by atoms with Crippen molar-refractivity contribution in [3.05, 3.63) is 29.8 Å². The second-order valence-corrected chi connectivity index (χ2v) is 5.20. The van der Waals surface area contributed by atoms with E-state index in [0.717, 1.165) is 39.3 Å². The zero-order valence-electron chi connectivity index (χ0n) is 14.0. The molecule has 0 radical (unpaired) electrons. The number of rotatable bonds is 5. The molecule has 0 aromatic heterocycles. The summed E-state index contributed by atoms with van der Waals surface area (Å²) in [6.45, 7) is 12.3. The minimum absolute atomic E-state index is 0.111. The van der Waals surface area contributed by atoms with Crippen molar-refractivity contribution in [3.8, 4) is 0 Å². The summed E-state index contributed by atoms with van der Waals surface area (Å²) in [7, 11) is 1.76. The maximum atomic E-state index is 5.87. The van der Waals surface area contributed by atoms with Crippen molar-refractivity contribution in [1.29, 1.82) is 0 Å². The molecule has 1 fully saturated rings.